The molecule has 0 saturated carbocycles. The van der Waals surface area contributed by atoms with Crippen LogP contribution in [0.25, 0.3) is 0 Å². The maximum atomic E-state index is 9.67. The summed E-state index contributed by atoms with van der Waals surface area (Å²) in [6.45, 7) is 13.6. The van der Waals surface area contributed by atoms with Crippen LogP contribution in [-0.2, 0) is 4.79 Å². The summed E-state index contributed by atoms with van der Waals surface area (Å²) in [6.07, 6.45) is 1.74. The van der Waals surface area contributed by atoms with Gasteiger partial charge in [-0.3, -0.25) is 4.90 Å². The fourth-order valence-electron chi connectivity index (χ4n) is 1.84. The molecule has 0 aromatic heterocycles. The number of hydrogen-bond donors (Lipinski definition) is 2. The zero-order valence-corrected chi connectivity index (χ0v) is 12.4. The number of piperidine rings is 1. The summed E-state index contributed by atoms with van der Waals surface area (Å²) in [4.78, 5) is 11.7. The lowest BCUT2D eigenvalue weighted by atomic mass is 9.68. The smallest absolute Gasteiger partial charge is 0.330 e. The number of nitrogens with zero attached hydrogens (tertiary/aromatic N) is 1. The number of hydrogen-bond acceptors (Lipinski definition) is 3. The van der Waals surface area contributed by atoms with Crippen LogP contribution in [0.4, 0.5) is 0 Å². The van der Waals surface area contributed by atoms with Crippen molar-refractivity contribution < 1.29 is 15.0 Å². The van der Waals surface area contributed by atoms with E-state index in [1.54, 1.807) is 0 Å². The molecule has 4 heteroatoms. The van der Waals surface area contributed by atoms with Crippen molar-refractivity contribution in [2.24, 2.45) is 5.41 Å². The van der Waals surface area contributed by atoms with Gasteiger partial charge in [-0.2, -0.15) is 0 Å². The van der Waals surface area contributed by atoms with E-state index in [2.05, 4.69) is 39.2 Å². The van der Waals surface area contributed by atoms with Crippen LogP contribution in [0.5, 0.6) is 0 Å². The van der Waals surface area contributed by atoms with Crippen LogP contribution in [0.15, 0.2) is 12.2 Å². The highest BCUT2D eigenvalue weighted by Gasteiger charge is 2.45. The number of carbonyl (C=O) groups is 1. The summed E-state index contributed by atoms with van der Waals surface area (Å²) < 4.78 is 0. The van der Waals surface area contributed by atoms with Crippen molar-refractivity contribution in [1.82, 2.24) is 4.90 Å². The molecule has 1 aliphatic rings. The number of aliphatic hydroxyl groups is 1. The molecule has 2 N–H and O–H groups in total. The number of rotatable bonds is 1. The van der Waals surface area contributed by atoms with Gasteiger partial charge in [0.25, 0.3) is 0 Å². The molecule has 1 rings (SSSR count). The minimum Gasteiger partial charge on any atom is -0.478 e. The molecule has 106 valence electrons. The first kappa shape index (κ1) is 17.1. The summed E-state index contributed by atoms with van der Waals surface area (Å²) in [5.41, 5.74) is 0.557. The van der Waals surface area contributed by atoms with Crippen LogP contribution in [0.2, 0.25) is 0 Å². The Balaban J connectivity index is 0.000000411. The average Bonchev–Trinajstić information content (AvgIpc) is 2.23. The predicted molar refractivity (Wildman–Crippen MR) is 73.3 cm³/mol. The Bertz CT molecular complexity index is 309. The van der Waals surface area contributed by atoms with E-state index in [1.165, 1.54) is 6.92 Å². The van der Waals surface area contributed by atoms with Gasteiger partial charge < -0.3 is 10.2 Å². The molecule has 1 fully saturated rings. The molecule has 0 spiro atoms. The SMILES string of the molecule is C=C(C)C(=O)O.CN1C(O)CCC(C)(C)C1(C)C. The lowest BCUT2D eigenvalue weighted by molar-refractivity contribution is -0.132. The molecule has 0 aromatic rings. The van der Waals surface area contributed by atoms with E-state index in [-0.39, 0.29) is 17.3 Å². The topological polar surface area (TPSA) is 60.8 Å². The van der Waals surface area contributed by atoms with Crippen LogP contribution < -0.4 is 0 Å². The van der Waals surface area contributed by atoms with E-state index in [4.69, 9.17) is 5.11 Å². The quantitative estimate of drug-likeness (QED) is 0.708. The molecule has 4 nitrogen and oxygen atoms in total. The van der Waals surface area contributed by atoms with Crippen molar-refractivity contribution in [1.29, 1.82) is 0 Å². The van der Waals surface area contributed by atoms with Crippen molar-refractivity contribution >= 4 is 5.97 Å². The first-order valence-electron chi connectivity index (χ1n) is 6.23. The van der Waals surface area contributed by atoms with Gasteiger partial charge in [-0.05, 0) is 46.1 Å². The lowest BCUT2D eigenvalue weighted by Gasteiger charge is -2.54. The van der Waals surface area contributed by atoms with Gasteiger partial charge in [-0.25, -0.2) is 4.79 Å². The van der Waals surface area contributed by atoms with Crippen molar-refractivity contribution in [2.45, 2.75) is 59.2 Å². The van der Waals surface area contributed by atoms with Gasteiger partial charge in [0, 0.05) is 11.1 Å². The Hall–Kier alpha value is -0.870. The molecule has 1 atom stereocenters. The number of carboxylic acid groups (broad SMARTS) is 1. The van der Waals surface area contributed by atoms with Gasteiger partial charge in [-0.15, -0.1) is 0 Å². The van der Waals surface area contributed by atoms with E-state index in [1.807, 2.05) is 7.05 Å². The minimum absolute atomic E-state index is 0.0880. The third kappa shape index (κ3) is 3.82. The second-order valence-corrected chi connectivity index (χ2v) is 6.16. The first-order chi connectivity index (χ1) is 7.93. The Morgan fingerprint density at radius 3 is 2.00 bits per heavy atom. The van der Waals surface area contributed by atoms with E-state index < -0.39 is 5.97 Å². The Labute approximate surface area is 110 Å². The summed E-state index contributed by atoms with van der Waals surface area (Å²) in [6, 6.07) is 0. The molecular formula is C14H27NO3. The molecule has 0 radical (unpaired) electrons. The van der Waals surface area contributed by atoms with Crippen LogP contribution in [0, 0.1) is 5.41 Å². The molecule has 1 heterocycles. The number of aliphatic hydroxyl groups excluding tert-OH is 1. The highest BCUT2D eigenvalue weighted by Crippen LogP contribution is 2.43. The fraction of sp³-hybridized carbons (Fsp3) is 0.786. The molecule has 1 unspecified atom stereocenters. The van der Waals surface area contributed by atoms with Crippen LogP contribution in [-0.4, -0.2) is 39.9 Å². The first-order valence-corrected chi connectivity index (χ1v) is 6.23. The highest BCUT2D eigenvalue weighted by molar-refractivity contribution is 5.84. The van der Waals surface area contributed by atoms with Crippen molar-refractivity contribution in [3.63, 3.8) is 0 Å². The Morgan fingerprint density at radius 2 is 1.72 bits per heavy atom. The van der Waals surface area contributed by atoms with Gasteiger partial charge in [0.1, 0.15) is 6.23 Å². The molecular weight excluding hydrogens is 230 g/mol. The summed E-state index contributed by atoms with van der Waals surface area (Å²) in [5.74, 6) is -0.935. The molecule has 0 aromatic carbocycles. The molecule has 1 aliphatic heterocycles. The van der Waals surface area contributed by atoms with E-state index >= 15 is 0 Å². The van der Waals surface area contributed by atoms with Crippen molar-refractivity contribution in [2.75, 3.05) is 7.05 Å². The van der Waals surface area contributed by atoms with Gasteiger partial charge in [0.05, 0.1) is 0 Å². The maximum absolute atomic E-state index is 9.67. The van der Waals surface area contributed by atoms with E-state index in [0.717, 1.165) is 12.8 Å². The summed E-state index contributed by atoms with van der Waals surface area (Å²) in [5, 5.41) is 17.6. The second kappa shape index (κ2) is 5.85. The van der Waals surface area contributed by atoms with Crippen LogP contribution in [0.3, 0.4) is 0 Å². The number of likely N-dealkylation sites (tertiary alicyclic amines) is 1. The Kier molecular flexibility index (Phi) is 5.56. The minimum atomic E-state index is -0.935. The van der Waals surface area contributed by atoms with Gasteiger partial charge in [-0.1, -0.05) is 20.4 Å². The normalized spacial score (nSPS) is 25.8. The standard InChI is InChI=1S/C10H21NO.C4H6O2/c1-9(2)7-6-8(12)11(5)10(9,3)4;1-3(2)4(5)6/h8,12H,6-7H2,1-5H3;1H2,2H3,(H,5,6). The fourth-order valence-corrected chi connectivity index (χ4v) is 1.84. The zero-order chi connectivity index (χ0) is 14.7. The van der Waals surface area contributed by atoms with Gasteiger partial charge in [0.15, 0.2) is 0 Å². The van der Waals surface area contributed by atoms with Gasteiger partial charge in [0.2, 0.25) is 0 Å². The molecule has 0 amide bonds. The van der Waals surface area contributed by atoms with E-state index in [0.29, 0.717) is 5.41 Å². The van der Waals surface area contributed by atoms with Crippen molar-refractivity contribution in [3.05, 3.63) is 12.2 Å². The highest BCUT2D eigenvalue weighted by atomic mass is 16.4. The monoisotopic (exact) mass is 257 g/mol. The summed E-state index contributed by atoms with van der Waals surface area (Å²) in [7, 11) is 2.01. The molecule has 1 saturated heterocycles. The molecule has 0 aliphatic carbocycles. The molecule has 18 heavy (non-hydrogen) atoms. The predicted octanol–water partition coefficient (Wildman–Crippen LogP) is 2.48. The second-order valence-electron chi connectivity index (χ2n) is 6.16. The van der Waals surface area contributed by atoms with Crippen molar-refractivity contribution in [3.8, 4) is 0 Å². The summed E-state index contributed by atoms with van der Waals surface area (Å²) >= 11 is 0. The third-order valence-electron chi connectivity index (χ3n) is 4.38. The Morgan fingerprint density at radius 1 is 1.33 bits per heavy atom. The lowest BCUT2D eigenvalue weighted by Crippen LogP contribution is -2.59. The zero-order valence-electron chi connectivity index (χ0n) is 12.4. The largest absolute Gasteiger partial charge is 0.478 e. The number of aliphatic carboxylic acids is 1. The maximum Gasteiger partial charge on any atom is 0.330 e. The van der Waals surface area contributed by atoms with Gasteiger partial charge >= 0.3 is 5.97 Å². The van der Waals surface area contributed by atoms with E-state index in [9.17, 15) is 9.90 Å². The van der Waals surface area contributed by atoms with Crippen LogP contribution >= 0.6 is 0 Å². The third-order valence-corrected chi connectivity index (χ3v) is 4.38. The number of carboxylic acids is 1. The van der Waals surface area contributed by atoms with Crippen LogP contribution in [0.1, 0.15) is 47.5 Å². The molecule has 0 bridgehead atoms. The average molecular weight is 257 g/mol.